The van der Waals surface area contributed by atoms with Gasteiger partial charge < -0.3 is 9.64 Å². The monoisotopic (exact) mass is 400 g/mol. The molecule has 2 fully saturated rings. The van der Waals surface area contributed by atoms with E-state index in [1.54, 1.807) is 26.2 Å². The second-order valence-electron chi connectivity index (χ2n) is 8.02. The Morgan fingerprint density at radius 3 is 2.72 bits per heavy atom. The molecule has 0 bridgehead atoms. The smallest absolute Gasteiger partial charge is 0.219 e. The number of carbonyl (C=O) groups excluding carboxylic acids is 1. The summed E-state index contributed by atoms with van der Waals surface area (Å²) in [6, 6.07) is 12.5. The van der Waals surface area contributed by atoms with Crippen LogP contribution >= 0.6 is 0 Å². The number of ether oxygens (including phenoxy) is 1. The quantitative estimate of drug-likeness (QED) is 0.783. The van der Waals surface area contributed by atoms with Crippen molar-refractivity contribution in [3.05, 3.63) is 65.2 Å². The van der Waals surface area contributed by atoms with Gasteiger partial charge in [-0.15, -0.1) is 0 Å². The van der Waals surface area contributed by atoms with E-state index >= 15 is 0 Å². The van der Waals surface area contributed by atoms with Gasteiger partial charge in [0.25, 0.3) is 0 Å². The van der Waals surface area contributed by atoms with E-state index < -0.39 is 11.6 Å². The minimum Gasteiger partial charge on any atom is -0.497 e. The number of halogens is 2. The summed E-state index contributed by atoms with van der Waals surface area (Å²) >= 11 is 0. The molecule has 2 aliphatic heterocycles. The van der Waals surface area contributed by atoms with Crippen LogP contribution in [-0.4, -0.2) is 48.5 Å². The first kappa shape index (κ1) is 19.8. The average molecular weight is 400 g/mol. The van der Waals surface area contributed by atoms with E-state index in [1.807, 2.05) is 23.1 Å². The molecule has 0 N–H and O–H groups in total. The molecule has 0 saturated carbocycles. The van der Waals surface area contributed by atoms with Gasteiger partial charge in [-0.1, -0.05) is 24.3 Å². The minimum absolute atomic E-state index is 0.0926. The van der Waals surface area contributed by atoms with Gasteiger partial charge in [0.15, 0.2) is 11.6 Å². The van der Waals surface area contributed by atoms with E-state index in [2.05, 4.69) is 11.0 Å². The largest absolute Gasteiger partial charge is 0.497 e. The third kappa shape index (κ3) is 3.86. The fraction of sp³-hybridized carbons (Fsp3) is 0.435. The van der Waals surface area contributed by atoms with E-state index in [-0.39, 0.29) is 23.8 Å². The predicted octanol–water partition coefficient (Wildman–Crippen LogP) is 3.81. The zero-order valence-corrected chi connectivity index (χ0v) is 16.8. The van der Waals surface area contributed by atoms with Crippen molar-refractivity contribution >= 4 is 5.91 Å². The normalized spacial score (nSPS) is 24.4. The van der Waals surface area contributed by atoms with Gasteiger partial charge in [-0.3, -0.25) is 9.69 Å². The highest BCUT2D eigenvalue weighted by Gasteiger charge is 2.46. The Bertz CT molecular complexity index is 904. The molecule has 2 saturated heterocycles. The molecule has 2 heterocycles. The van der Waals surface area contributed by atoms with Crippen molar-refractivity contribution in [1.82, 2.24) is 9.80 Å². The second kappa shape index (κ2) is 8.11. The Kier molecular flexibility index (Phi) is 5.54. The van der Waals surface area contributed by atoms with Crippen molar-refractivity contribution in [2.45, 2.75) is 31.8 Å². The van der Waals surface area contributed by atoms with Crippen LogP contribution in [-0.2, 0) is 11.3 Å². The van der Waals surface area contributed by atoms with Gasteiger partial charge >= 0.3 is 0 Å². The molecule has 4 nitrogen and oxygen atoms in total. The Balaban J connectivity index is 1.58. The summed E-state index contributed by atoms with van der Waals surface area (Å²) in [6.07, 6.45) is 0.835. The van der Waals surface area contributed by atoms with Crippen LogP contribution < -0.4 is 4.74 Å². The lowest BCUT2D eigenvalue weighted by Gasteiger charge is -2.39. The van der Waals surface area contributed by atoms with E-state index in [9.17, 15) is 13.6 Å². The molecule has 0 unspecified atom stereocenters. The third-order valence-corrected chi connectivity index (χ3v) is 6.37. The average Bonchev–Trinajstić information content (AvgIpc) is 3.11. The van der Waals surface area contributed by atoms with Gasteiger partial charge in [0.2, 0.25) is 5.91 Å². The Labute approximate surface area is 170 Å². The van der Waals surface area contributed by atoms with Gasteiger partial charge in [0.1, 0.15) is 5.75 Å². The standard InChI is InChI=1S/C23H26F2N2O2/c1-15(28)27-14-19(16-5-3-7-18(11-16)29-2)20-13-26(10-9-22(20)27)12-17-6-4-8-21(24)23(17)25/h3-8,11,19-20,22H,9-10,12-14H2,1-2H3/t19-,20-,22-/m1/s1. The topological polar surface area (TPSA) is 32.8 Å². The van der Waals surface area contributed by atoms with Crippen LogP contribution in [0.2, 0.25) is 0 Å². The number of methoxy groups -OCH3 is 1. The maximum Gasteiger partial charge on any atom is 0.219 e. The molecule has 4 rings (SSSR count). The highest BCUT2D eigenvalue weighted by Crippen LogP contribution is 2.42. The molecular formula is C23H26F2N2O2. The highest BCUT2D eigenvalue weighted by atomic mass is 19.2. The van der Waals surface area contributed by atoms with Crippen molar-refractivity contribution in [2.75, 3.05) is 26.7 Å². The first-order valence-corrected chi connectivity index (χ1v) is 10.0. The van der Waals surface area contributed by atoms with Crippen LogP contribution in [0.1, 0.15) is 30.4 Å². The molecule has 0 radical (unpaired) electrons. The molecule has 2 aromatic carbocycles. The number of fused-ring (bicyclic) bond motifs is 1. The number of hydrogen-bond acceptors (Lipinski definition) is 3. The van der Waals surface area contributed by atoms with Gasteiger partial charge in [0, 0.05) is 56.5 Å². The molecule has 29 heavy (non-hydrogen) atoms. The zero-order chi connectivity index (χ0) is 20.5. The number of nitrogens with zero attached hydrogens (tertiary/aromatic N) is 2. The van der Waals surface area contributed by atoms with Gasteiger partial charge in [-0.2, -0.15) is 0 Å². The predicted molar refractivity (Wildman–Crippen MR) is 107 cm³/mol. The summed E-state index contributed by atoms with van der Waals surface area (Å²) < 4.78 is 33.1. The van der Waals surface area contributed by atoms with E-state index in [0.717, 1.165) is 36.9 Å². The maximum absolute atomic E-state index is 14.1. The molecule has 1 amide bonds. The van der Waals surface area contributed by atoms with Crippen LogP contribution in [0.15, 0.2) is 42.5 Å². The summed E-state index contributed by atoms with van der Waals surface area (Å²) in [4.78, 5) is 16.4. The number of hydrogen-bond donors (Lipinski definition) is 0. The second-order valence-corrected chi connectivity index (χ2v) is 8.02. The maximum atomic E-state index is 14.1. The number of likely N-dealkylation sites (tertiary alicyclic amines) is 2. The molecule has 6 heteroatoms. The lowest BCUT2D eigenvalue weighted by molar-refractivity contribution is -0.130. The van der Waals surface area contributed by atoms with Crippen molar-refractivity contribution in [2.24, 2.45) is 5.92 Å². The van der Waals surface area contributed by atoms with Crippen LogP contribution in [0, 0.1) is 17.6 Å². The molecule has 3 atom stereocenters. The number of carbonyl (C=O) groups is 1. The van der Waals surface area contributed by atoms with E-state index in [1.165, 1.54) is 0 Å². The molecule has 0 aromatic heterocycles. The van der Waals surface area contributed by atoms with Crippen molar-refractivity contribution < 1.29 is 18.3 Å². The van der Waals surface area contributed by atoms with E-state index in [4.69, 9.17) is 4.74 Å². The number of amides is 1. The lowest BCUT2D eigenvalue weighted by Crippen LogP contribution is -2.47. The summed E-state index contributed by atoms with van der Waals surface area (Å²) in [5.74, 6) is -0.244. The highest BCUT2D eigenvalue weighted by molar-refractivity contribution is 5.74. The molecule has 0 spiro atoms. The SMILES string of the molecule is COc1cccc([C@H]2CN(C(C)=O)[C@@H]3CCN(Cc4cccc(F)c4F)C[C@H]23)c1. The van der Waals surface area contributed by atoms with Crippen LogP contribution in [0.3, 0.4) is 0 Å². The Hall–Kier alpha value is -2.47. The van der Waals surface area contributed by atoms with Gasteiger partial charge in [0.05, 0.1) is 7.11 Å². The third-order valence-electron chi connectivity index (χ3n) is 6.37. The van der Waals surface area contributed by atoms with Crippen molar-refractivity contribution in [3.8, 4) is 5.75 Å². The zero-order valence-electron chi connectivity index (χ0n) is 16.8. The van der Waals surface area contributed by atoms with Gasteiger partial charge in [-0.05, 0) is 30.2 Å². The molecular weight excluding hydrogens is 374 g/mol. The molecule has 0 aliphatic carbocycles. The van der Waals surface area contributed by atoms with E-state index in [0.29, 0.717) is 18.7 Å². The number of benzene rings is 2. The first-order valence-electron chi connectivity index (χ1n) is 10.0. The van der Waals surface area contributed by atoms with Gasteiger partial charge in [-0.25, -0.2) is 8.78 Å². The van der Waals surface area contributed by atoms with Crippen LogP contribution in [0.25, 0.3) is 0 Å². The number of piperidine rings is 1. The van der Waals surface area contributed by atoms with Crippen molar-refractivity contribution in [3.63, 3.8) is 0 Å². The van der Waals surface area contributed by atoms with Crippen molar-refractivity contribution in [1.29, 1.82) is 0 Å². The fourth-order valence-corrected chi connectivity index (χ4v) is 4.95. The Morgan fingerprint density at radius 2 is 1.97 bits per heavy atom. The first-order chi connectivity index (χ1) is 14.0. The fourth-order valence-electron chi connectivity index (χ4n) is 4.95. The van der Waals surface area contributed by atoms with Crippen LogP contribution in [0.5, 0.6) is 5.75 Å². The molecule has 2 aromatic rings. The summed E-state index contributed by atoms with van der Waals surface area (Å²) in [6.45, 7) is 4.18. The summed E-state index contributed by atoms with van der Waals surface area (Å²) in [7, 11) is 1.65. The van der Waals surface area contributed by atoms with Crippen LogP contribution in [0.4, 0.5) is 8.78 Å². The molecule has 2 aliphatic rings. The summed E-state index contributed by atoms with van der Waals surface area (Å²) in [5.41, 5.74) is 1.53. The lowest BCUT2D eigenvalue weighted by atomic mass is 9.81. The Morgan fingerprint density at radius 1 is 1.17 bits per heavy atom. The summed E-state index contributed by atoms with van der Waals surface area (Å²) in [5, 5.41) is 0. The molecule has 154 valence electrons. The number of rotatable bonds is 4. The minimum atomic E-state index is -0.810.